The second-order valence-electron chi connectivity index (χ2n) is 2.58. The average Bonchev–Trinajstić information content (AvgIpc) is 2.18. The number of hydrogen-bond donors (Lipinski definition) is 2. The molecule has 0 saturated carbocycles. The molecule has 14 heavy (non-hydrogen) atoms. The van der Waals surface area contributed by atoms with E-state index in [2.05, 4.69) is 10.9 Å². The van der Waals surface area contributed by atoms with Crippen LogP contribution in [0, 0.1) is 23.0 Å². The summed E-state index contributed by atoms with van der Waals surface area (Å²) in [5, 5.41) is 8.21. The minimum Gasteiger partial charge on any atom is -0.319 e. The summed E-state index contributed by atoms with van der Waals surface area (Å²) >= 11 is 0. The van der Waals surface area contributed by atoms with E-state index in [1.807, 2.05) is 6.07 Å². The zero-order valence-electron chi connectivity index (χ0n) is 7.35. The maximum absolute atomic E-state index is 12.9. The highest BCUT2D eigenvalue weighted by atomic mass is 19.1. The highest BCUT2D eigenvalue weighted by Gasteiger charge is 2.01. The summed E-state index contributed by atoms with van der Waals surface area (Å²) in [6.45, 7) is 0.368. The van der Waals surface area contributed by atoms with Crippen LogP contribution in [0.25, 0.3) is 0 Å². The van der Waals surface area contributed by atoms with E-state index in [9.17, 15) is 8.78 Å². The van der Waals surface area contributed by atoms with Crippen molar-refractivity contribution in [3.63, 3.8) is 0 Å². The Balaban J connectivity index is 2.50. The van der Waals surface area contributed by atoms with Gasteiger partial charge in [-0.2, -0.15) is 5.26 Å². The summed E-state index contributed by atoms with van der Waals surface area (Å²) in [4.78, 5) is 0. The summed E-state index contributed by atoms with van der Waals surface area (Å²) < 4.78 is 25.6. The Hall–Kier alpha value is -1.67. The molecular formula is C9H9F2N3. The van der Waals surface area contributed by atoms with Crippen molar-refractivity contribution < 1.29 is 8.78 Å². The summed E-state index contributed by atoms with van der Waals surface area (Å²) in [7, 11) is 0. The Labute approximate surface area is 80.3 Å². The van der Waals surface area contributed by atoms with Gasteiger partial charge >= 0.3 is 0 Å². The van der Waals surface area contributed by atoms with Gasteiger partial charge < -0.3 is 5.43 Å². The quantitative estimate of drug-likeness (QED) is 0.571. The van der Waals surface area contributed by atoms with Gasteiger partial charge in [0, 0.05) is 19.0 Å². The molecule has 5 heteroatoms. The first-order valence-corrected chi connectivity index (χ1v) is 4.05. The minimum atomic E-state index is -0.546. The van der Waals surface area contributed by atoms with E-state index in [-0.39, 0.29) is 5.69 Å². The molecule has 0 aromatic heterocycles. The molecule has 0 aliphatic heterocycles. The third-order valence-electron chi connectivity index (χ3n) is 1.51. The molecule has 1 aromatic carbocycles. The van der Waals surface area contributed by atoms with Crippen LogP contribution in [0.3, 0.4) is 0 Å². The Bertz CT molecular complexity index is 346. The molecule has 3 nitrogen and oxygen atoms in total. The number of hydrogen-bond acceptors (Lipinski definition) is 3. The average molecular weight is 197 g/mol. The van der Waals surface area contributed by atoms with Crippen molar-refractivity contribution in [3.8, 4) is 6.07 Å². The Morgan fingerprint density at radius 1 is 1.36 bits per heavy atom. The van der Waals surface area contributed by atoms with Crippen LogP contribution in [0.5, 0.6) is 0 Å². The third kappa shape index (κ3) is 2.99. The van der Waals surface area contributed by atoms with E-state index in [1.165, 1.54) is 0 Å². The zero-order valence-corrected chi connectivity index (χ0v) is 7.35. The molecule has 0 saturated heterocycles. The SMILES string of the molecule is N#CCCNNc1cc(F)ccc1F. The molecule has 2 N–H and O–H groups in total. The monoisotopic (exact) mass is 197 g/mol. The van der Waals surface area contributed by atoms with Crippen LogP contribution in [-0.2, 0) is 0 Å². The maximum Gasteiger partial charge on any atom is 0.147 e. The molecule has 0 spiro atoms. The molecule has 0 amide bonds. The molecule has 74 valence electrons. The van der Waals surface area contributed by atoms with Crippen LogP contribution in [0.15, 0.2) is 18.2 Å². The first-order chi connectivity index (χ1) is 6.74. The lowest BCUT2D eigenvalue weighted by molar-refractivity contribution is 0.599. The number of nitrogens with zero attached hydrogens (tertiary/aromatic N) is 1. The lowest BCUT2D eigenvalue weighted by Gasteiger charge is -2.07. The van der Waals surface area contributed by atoms with Crippen molar-refractivity contribution in [1.29, 1.82) is 5.26 Å². The second-order valence-corrected chi connectivity index (χ2v) is 2.58. The van der Waals surface area contributed by atoms with E-state index in [0.29, 0.717) is 13.0 Å². The fourth-order valence-corrected chi connectivity index (χ4v) is 0.869. The topological polar surface area (TPSA) is 47.9 Å². The predicted octanol–water partition coefficient (Wildman–Crippen LogP) is 1.79. The molecule has 0 aliphatic rings. The Kier molecular flexibility index (Phi) is 3.83. The van der Waals surface area contributed by atoms with Gasteiger partial charge in [-0.15, -0.1) is 0 Å². The fourth-order valence-electron chi connectivity index (χ4n) is 0.869. The van der Waals surface area contributed by atoms with Crippen LogP contribution in [0.4, 0.5) is 14.5 Å². The van der Waals surface area contributed by atoms with E-state index in [4.69, 9.17) is 5.26 Å². The van der Waals surface area contributed by atoms with Gasteiger partial charge in [0.15, 0.2) is 0 Å². The van der Waals surface area contributed by atoms with Crippen molar-refractivity contribution >= 4 is 5.69 Å². The van der Waals surface area contributed by atoms with Gasteiger partial charge in [0.05, 0.1) is 11.8 Å². The Morgan fingerprint density at radius 3 is 2.86 bits per heavy atom. The molecule has 1 aromatic rings. The number of rotatable bonds is 4. The van der Waals surface area contributed by atoms with Gasteiger partial charge in [-0.1, -0.05) is 0 Å². The maximum atomic E-state index is 12.9. The summed E-state index contributed by atoms with van der Waals surface area (Å²) in [6.07, 6.45) is 0.296. The van der Waals surface area contributed by atoms with Crippen LogP contribution in [-0.4, -0.2) is 6.54 Å². The number of halogens is 2. The van der Waals surface area contributed by atoms with Gasteiger partial charge in [-0.3, -0.25) is 0 Å². The van der Waals surface area contributed by atoms with Crippen molar-refractivity contribution in [2.75, 3.05) is 12.0 Å². The van der Waals surface area contributed by atoms with Crippen LogP contribution >= 0.6 is 0 Å². The Morgan fingerprint density at radius 2 is 2.14 bits per heavy atom. The number of nitrogens with one attached hydrogen (secondary N) is 2. The zero-order chi connectivity index (χ0) is 10.4. The number of anilines is 1. The molecule has 0 bridgehead atoms. The minimum absolute atomic E-state index is 0.0305. The molecule has 0 fully saturated rings. The van der Waals surface area contributed by atoms with Crippen LogP contribution in [0.2, 0.25) is 0 Å². The standard InChI is InChI=1S/C9H9F2N3/c10-7-2-3-8(11)9(6-7)14-13-5-1-4-12/h2-3,6,13-14H,1,5H2. The molecule has 0 aliphatic carbocycles. The molecular weight excluding hydrogens is 188 g/mol. The van der Waals surface area contributed by atoms with Crippen molar-refractivity contribution in [3.05, 3.63) is 29.8 Å². The predicted molar refractivity (Wildman–Crippen MR) is 48.2 cm³/mol. The first-order valence-electron chi connectivity index (χ1n) is 4.05. The van der Waals surface area contributed by atoms with E-state index < -0.39 is 11.6 Å². The van der Waals surface area contributed by atoms with Crippen molar-refractivity contribution in [1.82, 2.24) is 5.43 Å². The van der Waals surface area contributed by atoms with Gasteiger partial charge in [-0.25, -0.2) is 14.2 Å². The normalized spacial score (nSPS) is 9.50. The smallest absolute Gasteiger partial charge is 0.147 e. The number of nitriles is 1. The third-order valence-corrected chi connectivity index (χ3v) is 1.51. The highest BCUT2D eigenvalue weighted by molar-refractivity contribution is 5.43. The summed E-state index contributed by atoms with van der Waals surface area (Å²) in [5.41, 5.74) is 5.09. The van der Waals surface area contributed by atoms with Gasteiger partial charge in [0.1, 0.15) is 11.6 Å². The molecule has 0 heterocycles. The fraction of sp³-hybridized carbons (Fsp3) is 0.222. The molecule has 0 radical (unpaired) electrons. The molecule has 0 atom stereocenters. The first kappa shape index (κ1) is 10.4. The van der Waals surface area contributed by atoms with Gasteiger partial charge in [0.2, 0.25) is 0 Å². The summed E-state index contributed by atoms with van der Waals surface area (Å²) in [6, 6.07) is 5.01. The summed E-state index contributed by atoms with van der Waals surface area (Å²) in [5.74, 6) is -1.06. The molecule has 0 unspecified atom stereocenters. The number of benzene rings is 1. The van der Waals surface area contributed by atoms with Gasteiger partial charge in [-0.05, 0) is 12.1 Å². The van der Waals surface area contributed by atoms with E-state index in [1.54, 1.807) is 0 Å². The highest BCUT2D eigenvalue weighted by Crippen LogP contribution is 2.13. The lowest BCUT2D eigenvalue weighted by atomic mass is 10.3. The van der Waals surface area contributed by atoms with E-state index in [0.717, 1.165) is 18.2 Å². The van der Waals surface area contributed by atoms with Crippen LogP contribution in [0.1, 0.15) is 6.42 Å². The van der Waals surface area contributed by atoms with Crippen molar-refractivity contribution in [2.45, 2.75) is 6.42 Å². The van der Waals surface area contributed by atoms with Crippen LogP contribution < -0.4 is 10.9 Å². The lowest BCUT2D eigenvalue weighted by Crippen LogP contribution is -2.23. The van der Waals surface area contributed by atoms with Crippen molar-refractivity contribution in [2.24, 2.45) is 0 Å². The van der Waals surface area contributed by atoms with Gasteiger partial charge in [0.25, 0.3) is 0 Å². The van der Waals surface area contributed by atoms with E-state index >= 15 is 0 Å². The number of hydrazine groups is 1. The second kappa shape index (κ2) is 5.14. The molecule has 1 rings (SSSR count). The largest absolute Gasteiger partial charge is 0.319 e.